The van der Waals surface area contributed by atoms with Gasteiger partial charge < -0.3 is 15.8 Å². The summed E-state index contributed by atoms with van der Waals surface area (Å²) in [4.78, 5) is 28.8. The van der Waals surface area contributed by atoms with Crippen molar-refractivity contribution in [1.82, 2.24) is 10.2 Å². The fourth-order valence-corrected chi connectivity index (χ4v) is 13.6. The first kappa shape index (κ1) is 26.5. The lowest BCUT2D eigenvalue weighted by atomic mass is 10.0. The molecule has 1 aromatic carbocycles. The van der Waals surface area contributed by atoms with Crippen molar-refractivity contribution < 1.29 is 14.3 Å². The second-order valence-electron chi connectivity index (χ2n) is 10.1. The van der Waals surface area contributed by atoms with E-state index in [2.05, 4.69) is 51.8 Å². The number of nitrogens with two attached hydrogens (primary N) is 1. The number of Topliss-reactive ketones (excluding diaryl/α,β-unsaturated/α-hetero) is 1. The van der Waals surface area contributed by atoms with Gasteiger partial charge in [-0.05, 0) is 47.3 Å². The Morgan fingerprint density at radius 3 is 2.12 bits per heavy atom. The number of carbonyl (C=O) groups is 2. The zero-order valence-corrected chi connectivity index (χ0v) is 22.0. The molecule has 1 heterocycles. The van der Waals surface area contributed by atoms with Crippen LogP contribution in [0.3, 0.4) is 0 Å². The maximum absolute atomic E-state index is 13.3. The highest BCUT2D eigenvalue weighted by Gasteiger charge is 2.52. The minimum atomic E-state index is -2.23. The monoisotopic (exact) mass is 461 g/mol. The standard InChI is InChI=1S/C25H43N3O3Si/c1-17(2)32(18(3)4,19(5)6)24(20(7)29)23-16-21(26)8-9-22(23)25(30)27-10-11-28-12-14-31-15-13-28/h8-9,16-19,24H,10-15,26H2,1-7H3,(H,27,30). The smallest absolute Gasteiger partial charge is 0.251 e. The van der Waals surface area contributed by atoms with Crippen molar-refractivity contribution in [3.8, 4) is 0 Å². The van der Waals surface area contributed by atoms with Gasteiger partial charge in [0.15, 0.2) is 0 Å². The van der Waals surface area contributed by atoms with Gasteiger partial charge in [-0.2, -0.15) is 0 Å². The average Bonchev–Trinajstić information content (AvgIpc) is 2.71. The van der Waals surface area contributed by atoms with Crippen LogP contribution in [0.2, 0.25) is 16.6 Å². The Balaban J connectivity index is 2.42. The summed E-state index contributed by atoms with van der Waals surface area (Å²) in [5.74, 6) is 0.0133. The molecule has 1 atom stereocenters. The van der Waals surface area contributed by atoms with Gasteiger partial charge in [-0.1, -0.05) is 41.5 Å². The first-order valence-electron chi connectivity index (χ1n) is 12.0. The van der Waals surface area contributed by atoms with Crippen LogP contribution in [0.5, 0.6) is 0 Å². The van der Waals surface area contributed by atoms with Crippen LogP contribution in [0.25, 0.3) is 0 Å². The van der Waals surface area contributed by atoms with Crippen molar-refractivity contribution >= 4 is 25.5 Å². The summed E-state index contributed by atoms with van der Waals surface area (Å²) >= 11 is 0. The van der Waals surface area contributed by atoms with Crippen LogP contribution in [-0.2, 0) is 9.53 Å². The fourth-order valence-electron chi connectivity index (χ4n) is 6.11. The van der Waals surface area contributed by atoms with E-state index in [1.54, 1.807) is 19.1 Å². The topological polar surface area (TPSA) is 84.7 Å². The van der Waals surface area contributed by atoms with Gasteiger partial charge in [0, 0.05) is 43.0 Å². The van der Waals surface area contributed by atoms with Crippen LogP contribution >= 0.6 is 0 Å². The summed E-state index contributed by atoms with van der Waals surface area (Å²) < 4.78 is 5.39. The zero-order valence-electron chi connectivity index (χ0n) is 21.0. The lowest BCUT2D eigenvalue weighted by Gasteiger charge is -2.48. The Morgan fingerprint density at radius 1 is 1.06 bits per heavy atom. The van der Waals surface area contributed by atoms with Gasteiger partial charge in [-0.3, -0.25) is 14.5 Å². The van der Waals surface area contributed by atoms with E-state index < -0.39 is 8.07 Å². The molecule has 180 valence electrons. The fraction of sp³-hybridized carbons (Fsp3) is 0.680. The van der Waals surface area contributed by atoms with Crippen LogP contribution in [0, 0.1) is 0 Å². The van der Waals surface area contributed by atoms with E-state index in [1.807, 2.05) is 6.07 Å². The number of nitrogens with one attached hydrogen (secondary N) is 1. The van der Waals surface area contributed by atoms with Gasteiger partial charge in [-0.15, -0.1) is 0 Å². The van der Waals surface area contributed by atoms with E-state index in [0.29, 0.717) is 34.4 Å². The molecule has 0 saturated carbocycles. The number of ether oxygens (including phenoxy) is 1. The minimum Gasteiger partial charge on any atom is -0.399 e. The third kappa shape index (κ3) is 5.61. The summed E-state index contributed by atoms with van der Waals surface area (Å²) in [6.45, 7) is 19.8. The molecule has 1 fully saturated rings. The number of amides is 1. The molecule has 0 aliphatic carbocycles. The molecule has 1 aromatic rings. The van der Waals surface area contributed by atoms with Crippen LogP contribution in [0.1, 0.15) is 69.9 Å². The van der Waals surface area contributed by atoms with Gasteiger partial charge in [0.25, 0.3) is 5.91 Å². The first-order valence-corrected chi connectivity index (χ1v) is 14.3. The largest absolute Gasteiger partial charge is 0.399 e. The molecule has 0 radical (unpaired) electrons. The van der Waals surface area contributed by atoms with Crippen LogP contribution < -0.4 is 11.1 Å². The number of rotatable bonds is 10. The molecule has 7 heteroatoms. The van der Waals surface area contributed by atoms with Gasteiger partial charge in [0.2, 0.25) is 0 Å². The summed E-state index contributed by atoms with van der Waals surface area (Å²) in [5, 5.41) is 3.08. The van der Waals surface area contributed by atoms with Gasteiger partial charge in [0.1, 0.15) is 5.78 Å². The summed E-state index contributed by atoms with van der Waals surface area (Å²) in [6, 6.07) is 5.43. The molecule has 0 aromatic heterocycles. The van der Waals surface area contributed by atoms with Gasteiger partial charge >= 0.3 is 0 Å². The van der Waals surface area contributed by atoms with Crippen molar-refractivity contribution in [2.45, 2.75) is 70.6 Å². The lowest BCUT2D eigenvalue weighted by molar-refractivity contribution is -0.117. The predicted octanol–water partition coefficient (Wildman–Crippen LogP) is 4.22. The SMILES string of the molecule is CC(=O)C(c1cc(N)ccc1C(=O)NCCN1CCOCC1)[Si](C(C)C)(C(C)C)C(C)C. The lowest BCUT2D eigenvalue weighted by Crippen LogP contribution is -2.53. The number of ketones is 1. The molecule has 3 N–H and O–H groups in total. The molecular weight excluding hydrogens is 418 g/mol. The molecule has 32 heavy (non-hydrogen) atoms. The van der Waals surface area contributed by atoms with Gasteiger partial charge in [0.05, 0.1) is 21.3 Å². The first-order chi connectivity index (χ1) is 15.0. The number of carbonyl (C=O) groups excluding carboxylic acids is 2. The number of benzene rings is 1. The van der Waals surface area contributed by atoms with E-state index in [1.165, 1.54) is 0 Å². The molecular formula is C25H43N3O3Si. The molecule has 1 saturated heterocycles. The van der Waals surface area contributed by atoms with Gasteiger partial charge in [-0.25, -0.2) is 0 Å². The zero-order chi connectivity index (χ0) is 24.1. The molecule has 2 rings (SSSR count). The Labute approximate surface area is 195 Å². The quantitative estimate of drug-likeness (QED) is 0.402. The summed E-state index contributed by atoms with van der Waals surface area (Å²) in [7, 11) is -2.23. The van der Waals surface area contributed by atoms with Crippen LogP contribution in [-0.4, -0.2) is 64.1 Å². The second kappa shape index (κ2) is 11.4. The minimum absolute atomic E-state index is 0.126. The van der Waals surface area contributed by atoms with Crippen LogP contribution in [0.4, 0.5) is 5.69 Å². The highest BCUT2D eigenvalue weighted by molar-refractivity contribution is 6.87. The molecule has 1 unspecified atom stereocenters. The van der Waals surface area contributed by atoms with Crippen LogP contribution in [0.15, 0.2) is 18.2 Å². The van der Waals surface area contributed by atoms with Crippen molar-refractivity contribution in [2.24, 2.45) is 0 Å². The molecule has 1 aliphatic rings. The number of hydrogen-bond acceptors (Lipinski definition) is 5. The second-order valence-corrected chi connectivity index (χ2v) is 16.1. The third-order valence-electron chi connectivity index (χ3n) is 7.36. The van der Waals surface area contributed by atoms with Crippen molar-refractivity contribution in [2.75, 3.05) is 45.1 Å². The van der Waals surface area contributed by atoms with Crippen molar-refractivity contribution in [1.29, 1.82) is 0 Å². The van der Waals surface area contributed by atoms with E-state index in [0.717, 1.165) is 38.4 Å². The number of nitrogen functional groups attached to an aromatic ring is 1. The average molecular weight is 462 g/mol. The van der Waals surface area contributed by atoms with E-state index >= 15 is 0 Å². The normalized spacial score (nSPS) is 16.6. The third-order valence-corrected chi connectivity index (χ3v) is 15.1. The highest BCUT2D eigenvalue weighted by Crippen LogP contribution is 2.51. The summed E-state index contributed by atoms with van der Waals surface area (Å²) in [5.41, 5.74) is 9.06. The number of morpholine rings is 1. The Morgan fingerprint density at radius 2 is 1.62 bits per heavy atom. The highest BCUT2D eigenvalue weighted by atomic mass is 28.3. The van der Waals surface area contributed by atoms with Crippen molar-refractivity contribution in [3.63, 3.8) is 0 Å². The van der Waals surface area contributed by atoms with E-state index in [9.17, 15) is 9.59 Å². The molecule has 1 aliphatic heterocycles. The van der Waals surface area contributed by atoms with Crippen molar-refractivity contribution in [3.05, 3.63) is 29.3 Å². The Bertz CT molecular complexity index is 767. The molecule has 6 nitrogen and oxygen atoms in total. The number of nitrogens with zero attached hydrogens (tertiary/aromatic N) is 1. The Hall–Kier alpha value is -1.70. The molecule has 1 amide bonds. The number of hydrogen-bond donors (Lipinski definition) is 2. The Kier molecular flexibility index (Phi) is 9.49. The molecule has 0 bridgehead atoms. The maximum Gasteiger partial charge on any atom is 0.251 e. The van der Waals surface area contributed by atoms with E-state index in [4.69, 9.17) is 10.5 Å². The summed E-state index contributed by atoms with van der Waals surface area (Å²) in [6.07, 6.45) is 0. The number of anilines is 1. The van der Waals surface area contributed by atoms with E-state index in [-0.39, 0.29) is 17.2 Å². The predicted molar refractivity (Wildman–Crippen MR) is 135 cm³/mol. The molecule has 0 spiro atoms. The maximum atomic E-state index is 13.3.